The number of rotatable bonds is 6. The molecule has 2 aromatic rings. The van der Waals surface area contributed by atoms with Gasteiger partial charge in [-0.15, -0.1) is 11.3 Å². The first-order chi connectivity index (χ1) is 11.1. The third kappa shape index (κ3) is 4.48. The zero-order valence-electron chi connectivity index (χ0n) is 14.1. The number of nitrogens with one attached hydrogen (secondary N) is 1. The predicted molar refractivity (Wildman–Crippen MR) is 94.9 cm³/mol. The molecule has 1 fully saturated rings. The van der Waals surface area contributed by atoms with E-state index in [0.717, 1.165) is 55.5 Å². The van der Waals surface area contributed by atoms with Crippen molar-refractivity contribution >= 4 is 17.3 Å². The minimum atomic E-state index is 0.481. The first-order valence-corrected chi connectivity index (χ1v) is 9.24. The minimum absolute atomic E-state index is 0.481. The van der Waals surface area contributed by atoms with Gasteiger partial charge < -0.3 is 10.2 Å². The number of thiazole rings is 1. The summed E-state index contributed by atoms with van der Waals surface area (Å²) in [5.74, 6) is 1.50. The van der Waals surface area contributed by atoms with Crippen LogP contribution in [-0.4, -0.2) is 34.1 Å². The van der Waals surface area contributed by atoms with Crippen LogP contribution < -0.4 is 10.2 Å². The quantitative estimate of drug-likeness (QED) is 0.882. The highest BCUT2D eigenvalue weighted by Crippen LogP contribution is 2.19. The average Bonchev–Trinajstić information content (AvgIpc) is 3.15. The second-order valence-electron chi connectivity index (χ2n) is 6.69. The van der Waals surface area contributed by atoms with Gasteiger partial charge in [-0.2, -0.15) is 0 Å². The third-order valence-electron chi connectivity index (χ3n) is 4.04. The summed E-state index contributed by atoms with van der Waals surface area (Å²) in [4.78, 5) is 16.0. The molecule has 1 atom stereocenters. The van der Waals surface area contributed by atoms with Gasteiger partial charge in [-0.3, -0.25) is 0 Å². The zero-order valence-corrected chi connectivity index (χ0v) is 14.9. The zero-order chi connectivity index (χ0) is 16.2. The maximum atomic E-state index is 4.78. The van der Waals surface area contributed by atoms with Gasteiger partial charge >= 0.3 is 0 Å². The van der Waals surface area contributed by atoms with Crippen LogP contribution in [0.1, 0.15) is 37.4 Å². The van der Waals surface area contributed by atoms with E-state index in [1.807, 2.05) is 5.51 Å². The van der Waals surface area contributed by atoms with Gasteiger partial charge in [0.1, 0.15) is 0 Å². The monoisotopic (exact) mass is 331 g/mol. The number of aromatic nitrogens is 3. The van der Waals surface area contributed by atoms with Crippen LogP contribution in [0.2, 0.25) is 0 Å². The largest absolute Gasteiger partial charge is 0.339 e. The summed E-state index contributed by atoms with van der Waals surface area (Å²) < 4.78 is 0. The van der Waals surface area contributed by atoms with Crippen molar-refractivity contribution in [3.63, 3.8) is 0 Å². The normalized spacial score (nSPS) is 18.1. The van der Waals surface area contributed by atoms with Gasteiger partial charge in [0.15, 0.2) is 0 Å². The molecule has 0 saturated carbocycles. The Kier molecular flexibility index (Phi) is 5.23. The highest BCUT2D eigenvalue weighted by atomic mass is 32.1. The van der Waals surface area contributed by atoms with Gasteiger partial charge in [0.05, 0.1) is 11.2 Å². The summed E-state index contributed by atoms with van der Waals surface area (Å²) in [6, 6.07) is 2.59. The molecule has 0 aromatic carbocycles. The molecule has 1 saturated heterocycles. The van der Waals surface area contributed by atoms with Crippen LogP contribution in [0.3, 0.4) is 0 Å². The Morgan fingerprint density at radius 2 is 2.22 bits per heavy atom. The number of anilines is 1. The maximum Gasteiger partial charge on any atom is 0.225 e. The fraction of sp³-hybridized carbons (Fsp3) is 0.588. The van der Waals surface area contributed by atoms with Crippen molar-refractivity contribution in [1.29, 1.82) is 0 Å². The van der Waals surface area contributed by atoms with Crippen molar-refractivity contribution in [1.82, 2.24) is 20.3 Å². The fourth-order valence-electron chi connectivity index (χ4n) is 2.96. The Balaban J connectivity index is 1.60. The van der Waals surface area contributed by atoms with E-state index in [9.17, 15) is 0 Å². The topological polar surface area (TPSA) is 53.9 Å². The summed E-state index contributed by atoms with van der Waals surface area (Å²) in [6.07, 6.45) is 2.14. The molecule has 1 aliphatic heterocycles. The number of nitrogens with zero attached hydrogens (tertiary/aromatic N) is 4. The van der Waals surface area contributed by atoms with Gasteiger partial charge in [-0.1, -0.05) is 13.8 Å². The SMILES string of the molecule is Cc1cc(CC(C)C)nc(N2CC[C@@H](NCc3cscn3)C2)n1. The highest BCUT2D eigenvalue weighted by molar-refractivity contribution is 7.07. The lowest BCUT2D eigenvalue weighted by molar-refractivity contribution is 0.546. The van der Waals surface area contributed by atoms with Crippen molar-refractivity contribution in [2.45, 2.75) is 46.2 Å². The van der Waals surface area contributed by atoms with Crippen LogP contribution >= 0.6 is 11.3 Å². The number of aryl methyl sites for hydroxylation is 1. The van der Waals surface area contributed by atoms with E-state index in [4.69, 9.17) is 4.98 Å². The van der Waals surface area contributed by atoms with E-state index in [2.05, 4.69) is 52.4 Å². The molecule has 5 nitrogen and oxygen atoms in total. The average molecular weight is 331 g/mol. The maximum absolute atomic E-state index is 4.78. The van der Waals surface area contributed by atoms with Gasteiger partial charge in [-0.05, 0) is 31.7 Å². The van der Waals surface area contributed by atoms with E-state index in [1.54, 1.807) is 11.3 Å². The van der Waals surface area contributed by atoms with Crippen LogP contribution in [0.5, 0.6) is 0 Å². The van der Waals surface area contributed by atoms with Crippen molar-refractivity contribution in [2.75, 3.05) is 18.0 Å². The molecule has 0 spiro atoms. The van der Waals surface area contributed by atoms with Crippen LogP contribution in [0, 0.1) is 12.8 Å². The second kappa shape index (κ2) is 7.36. The van der Waals surface area contributed by atoms with Crippen molar-refractivity contribution in [3.05, 3.63) is 34.0 Å². The third-order valence-corrected chi connectivity index (χ3v) is 4.67. The van der Waals surface area contributed by atoms with Crippen molar-refractivity contribution in [3.8, 4) is 0 Å². The van der Waals surface area contributed by atoms with Gasteiger partial charge in [0, 0.05) is 42.4 Å². The molecule has 23 heavy (non-hydrogen) atoms. The Bertz CT molecular complexity index is 626. The van der Waals surface area contributed by atoms with Crippen LogP contribution in [-0.2, 0) is 13.0 Å². The summed E-state index contributed by atoms with van der Waals surface area (Å²) in [5, 5.41) is 5.69. The molecular formula is C17H25N5S. The highest BCUT2D eigenvalue weighted by Gasteiger charge is 2.24. The Morgan fingerprint density at radius 3 is 2.96 bits per heavy atom. The molecule has 0 amide bonds. The fourth-order valence-corrected chi connectivity index (χ4v) is 3.52. The molecule has 2 aromatic heterocycles. The van der Waals surface area contributed by atoms with Crippen LogP contribution in [0.25, 0.3) is 0 Å². The molecule has 3 rings (SSSR count). The molecule has 1 N–H and O–H groups in total. The molecule has 0 radical (unpaired) electrons. The van der Waals surface area contributed by atoms with E-state index in [0.29, 0.717) is 12.0 Å². The number of hydrogen-bond acceptors (Lipinski definition) is 6. The standard InChI is InChI=1S/C17H25N5S/c1-12(2)6-15-7-13(3)20-17(21-15)22-5-4-14(9-22)18-8-16-10-23-11-19-16/h7,10-12,14,18H,4-6,8-9H2,1-3H3/t14-/m1/s1. The van der Waals surface area contributed by atoms with Crippen LogP contribution in [0.15, 0.2) is 17.0 Å². The molecule has 0 aliphatic carbocycles. The van der Waals surface area contributed by atoms with Gasteiger partial charge in [0.2, 0.25) is 5.95 Å². The summed E-state index contributed by atoms with van der Waals surface area (Å²) in [6.45, 7) is 9.34. The predicted octanol–water partition coefficient (Wildman–Crippen LogP) is 2.81. The molecule has 3 heterocycles. The van der Waals surface area contributed by atoms with Crippen molar-refractivity contribution < 1.29 is 0 Å². The summed E-state index contributed by atoms with van der Waals surface area (Å²) in [5.41, 5.74) is 5.22. The smallest absolute Gasteiger partial charge is 0.225 e. The Hall–Kier alpha value is -1.53. The first-order valence-electron chi connectivity index (χ1n) is 8.30. The Labute approximate surface area is 142 Å². The van der Waals surface area contributed by atoms with E-state index < -0.39 is 0 Å². The van der Waals surface area contributed by atoms with Crippen molar-refractivity contribution in [2.24, 2.45) is 5.92 Å². The van der Waals surface area contributed by atoms with Gasteiger partial charge in [-0.25, -0.2) is 15.0 Å². The molecule has 6 heteroatoms. The first kappa shape index (κ1) is 16.3. The molecule has 0 bridgehead atoms. The van der Waals surface area contributed by atoms with E-state index in [-0.39, 0.29) is 0 Å². The summed E-state index contributed by atoms with van der Waals surface area (Å²) >= 11 is 1.65. The Morgan fingerprint density at radius 1 is 1.35 bits per heavy atom. The lowest BCUT2D eigenvalue weighted by atomic mass is 10.1. The minimum Gasteiger partial charge on any atom is -0.339 e. The number of hydrogen-bond donors (Lipinski definition) is 1. The molecular weight excluding hydrogens is 306 g/mol. The van der Waals surface area contributed by atoms with Crippen LogP contribution in [0.4, 0.5) is 5.95 Å². The second-order valence-corrected chi connectivity index (χ2v) is 7.41. The molecule has 0 unspecified atom stereocenters. The molecule has 124 valence electrons. The van der Waals surface area contributed by atoms with E-state index >= 15 is 0 Å². The molecule has 1 aliphatic rings. The lowest BCUT2D eigenvalue weighted by Crippen LogP contribution is -2.32. The summed E-state index contributed by atoms with van der Waals surface area (Å²) in [7, 11) is 0. The van der Waals surface area contributed by atoms with Gasteiger partial charge in [0.25, 0.3) is 0 Å². The van der Waals surface area contributed by atoms with E-state index in [1.165, 1.54) is 0 Å². The lowest BCUT2D eigenvalue weighted by Gasteiger charge is -2.18.